The quantitative estimate of drug-likeness (QED) is 0.851. The third-order valence-electron chi connectivity index (χ3n) is 2.98. The molecule has 20 heavy (non-hydrogen) atoms. The number of nitrogens with one attached hydrogen (secondary N) is 1. The van der Waals surface area contributed by atoms with Gasteiger partial charge in [0.2, 0.25) is 5.56 Å². The van der Waals surface area contributed by atoms with E-state index in [0.717, 1.165) is 0 Å². The SMILES string of the molecule is CCOC(=O)c1cc(=O)[nH]c2c1c(C)nn2C(C)(C)C. The fourth-order valence-electron chi connectivity index (χ4n) is 2.18. The standard InChI is InChI=1S/C14H19N3O3/c1-6-20-13(19)9-7-10(18)15-12-11(9)8(2)16-17(12)14(3,4)5/h7H,6H2,1-5H3,(H,15,18). The number of ether oxygens (including phenoxy) is 1. The van der Waals surface area contributed by atoms with E-state index in [0.29, 0.717) is 16.7 Å². The van der Waals surface area contributed by atoms with Crippen molar-refractivity contribution in [3.8, 4) is 0 Å². The summed E-state index contributed by atoms with van der Waals surface area (Å²) < 4.78 is 6.74. The second-order valence-electron chi connectivity index (χ2n) is 5.66. The van der Waals surface area contributed by atoms with Crippen molar-refractivity contribution in [3.63, 3.8) is 0 Å². The van der Waals surface area contributed by atoms with Gasteiger partial charge in [-0.3, -0.25) is 4.79 Å². The Bertz CT molecular complexity index is 720. The summed E-state index contributed by atoms with van der Waals surface area (Å²) in [6, 6.07) is 1.27. The van der Waals surface area contributed by atoms with Crippen molar-refractivity contribution in [1.29, 1.82) is 0 Å². The minimum Gasteiger partial charge on any atom is -0.462 e. The Labute approximate surface area is 116 Å². The number of aromatic amines is 1. The van der Waals surface area contributed by atoms with Gasteiger partial charge in [0.1, 0.15) is 5.65 Å². The minimum absolute atomic E-state index is 0.263. The Morgan fingerprint density at radius 1 is 1.45 bits per heavy atom. The minimum atomic E-state index is -0.500. The maximum absolute atomic E-state index is 12.0. The highest BCUT2D eigenvalue weighted by atomic mass is 16.5. The number of hydrogen-bond donors (Lipinski definition) is 1. The van der Waals surface area contributed by atoms with Gasteiger partial charge in [-0.2, -0.15) is 5.10 Å². The lowest BCUT2D eigenvalue weighted by molar-refractivity contribution is 0.0528. The number of nitrogens with zero attached hydrogens (tertiary/aromatic N) is 2. The summed E-state index contributed by atoms with van der Waals surface area (Å²) in [5, 5.41) is 5.08. The van der Waals surface area contributed by atoms with Gasteiger partial charge in [-0.15, -0.1) is 0 Å². The first-order valence-corrected chi connectivity index (χ1v) is 6.56. The lowest BCUT2D eigenvalue weighted by atomic mass is 10.1. The monoisotopic (exact) mass is 277 g/mol. The first-order chi connectivity index (χ1) is 9.25. The Balaban J connectivity index is 2.82. The summed E-state index contributed by atoms with van der Waals surface area (Å²) in [5.41, 5.74) is 0.854. The van der Waals surface area contributed by atoms with Gasteiger partial charge in [0.15, 0.2) is 0 Å². The molecule has 0 radical (unpaired) electrons. The molecule has 0 atom stereocenters. The molecule has 6 nitrogen and oxygen atoms in total. The fraction of sp³-hybridized carbons (Fsp3) is 0.500. The molecule has 6 heteroatoms. The van der Waals surface area contributed by atoms with Crippen LogP contribution in [-0.2, 0) is 10.3 Å². The molecule has 0 fully saturated rings. The van der Waals surface area contributed by atoms with Gasteiger partial charge in [-0.05, 0) is 34.6 Å². The lowest BCUT2D eigenvalue weighted by Crippen LogP contribution is -2.24. The number of carbonyl (C=O) groups excluding carboxylic acids is 1. The zero-order valence-electron chi connectivity index (χ0n) is 12.4. The van der Waals surface area contributed by atoms with E-state index in [9.17, 15) is 9.59 Å². The van der Waals surface area contributed by atoms with Gasteiger partial charge < -0.3 is 9.72 Å². The van der Waals surface area contributed by atoms with Crippen molar-refractivity contribution in [2.75, 3.05) is 6.61 Å². The van der Waals surface area contributed by atoms with Crippen LogP contribution in [-0.4, -0.2) is 27.3 Å². The molecule has 0 aliphatic heterocycles. The summed E-state index contributed by atoms with van der Waals surface area (Å²) >= 11 is 0. The average molecular weight is 277 g/mol. The molecule has 2 aromatic heterocycles. The summed E-state index contributed by atoms with van der Waals surface area (Å²) in [6.45, 7) is 9.75. The van der Waals surface area contributed by atoms with Gasteiger partial charge in [-0.1, -0.05) is 0 Å². The number of H-pyrrole nitrogens is 1. The van der Waals surface area contributed by atoms with Crippen LogP contribution in [0.3, 0.4) is 0 Å². The van der Waals surface area contributed by atoms with Gasteiger partial charge in [-0.25, -0.2) is 9.48 Å². The number of aryl methyl sites for hydroxylation is 1. The number of hydrogen-bond acceptors (Lipinski definition) is 4. The molecular weight excluding hydrogens is 258 g/mol. The number of rotatable bonds is 2. The van der Waals surface area contributed by atoms with Crippen LogP contribution in [0.4, 0.5) is 0 Å². The smallest absolute Gasteiger partial charge is 0.339 e. The molecular formula is C14H19N3O3. The predicted molar refractivity (Wildman–Crippen MR) is 76.0 cm³/mol. The Kier molecular flexibility index (Phi) is 3.41. The molecule has 0 aliphatic rings. The molecule has 0 aliphatic carbocycles. The van der Waals surface area contributed by atoms with E-state index < -0.39 is 5.97 Å². The molecule has 0 saturated carbocycles. The lowest BCUT2D eigenvalue weighted by Gasteiger charge is -2.20. The molecule has 2 rings (SSSR count). The van der Waals surface area contributed by atoms with E-state index >= 15 is 0 Å². The van der Waals surface area contributed by atoms with Crippen LogP contribution >= 0.6 is 0 Å². The normalized spacial score (nSPS) is 11.8. The maximum Gasteiger partial charge on any atom is 0.339 e. The Morgan fingerprint density at radius 2 is 2.10 bits per heavy atom. The largest absolute Gasteiger partial charge is 0.462 e. The van der Waals surface area contributed by atoms with Crippen LogP contribution < -0.4 is 5.56 Å². The zero-order valence-corrected chi connectivity index (χ0v) is 12.4. The maximum atomic E-state index is 12.0. The van der Waals surface area contributed by atoms with Crippen LogP contribution in [0, 0.1) is 6.92 Å². The van der Waals surface area contributed by atoms with Crippen molar-refractivity contribution < 1.29 is 9.53 Å². The van der Waals surface area contributed by atoms with Gasteiger partial charge in [0.05, 0.1) is 28.8 Å². The second-order valence-corrected chi connectivity index (χ2v) is 5.66. The molecule has 0 bridgehead atoms. The van der Waals surface area contributed by atoms with Crippen LogP contribution in [0.25, 0.3) is 11.0 Å². The highest BCUT2D eigenvalue weighted by Gasteiger charge is 2.24. The molecule has 0 saturated heterocycles. The summed E-state index contributed by atoms with van der Waals surface area (Å²) in [7, 11) is 0. The third kappa shape index (κ3) is 2.33. The molecule has 0 unspecified atom stereocenters. The van der Waals surface area contributed by atoms with E-state index in [1.807, 2.05) is 27.7 Å². The predicted octanol–water partition coefficient (Wildman–Crippen LogP) is 1.96. The number of fused-ring (bicyclic) bond motifs is 1. The highest BCUT2D eigenvalue weighted by molar-refractivity contribution is 6.03. The second kappa shape index (κ2) is 4.77. The third-order valence-corrected chi connectivity index (χ3v) is 2.98. The van der Waals surface area contributed by atoms with Crippen molar-refractivity contribution in [1.82, 2.24) is 14.8 Å². The van der Waals surface area contributed by atoms with Crippen LogP contribution in [0.2, 0.25) is 0 Å². The fourth-order valence-corrected chi connectivity index (χ4v) is 2.18. The molecule has 0 amide bonds. The molecule has 0 aromatic carbocycles. The Hall–Kier alpha value is -2.11. The summed E-state index contributed by atoms with van der Waals surface area (Å²) in [4.78, 5) is 26.6. The van der Waals surface area contributed by atoms with Crippen LogP contribution in [0.1, 0.15) is 43.7 Å². The van der Waals surface area contributed by atoms with Crippen molar-refractivity contribution in [3.05, 3.63) is 27.7 Å². The van der Waals surface area contributed by atoms with Crippen molar-refractivity contribution in [2.24, 2.45) is 0 Å². The van der Waals surface area contributed by atoms with E-state index in [-0.39, 0.29) is 23.3 Å². The van der Waals surface area contributed by atoms with E-state index in [1.165, 1.54) is 6.07 Å². The van der Waals surface area contributed by atoms with Crippen molar-refractivity contribution in [2.45, 2.75) is 40.2 Å². The van der Waals surface area contributed by atoms with Gasteiger partial charge >= 0.3 is 5.97 Å². The highest BCUT2D eigenvalue weighted by Crippen LogP contribution is 2.25. The molecule has 1 N–H and O–H groups in total. The van der Waals surface area contributed by atoms with Crippen molar-refractivity contribution >= 4 is 17.0 Å². The first-order valence-electron chi connectivity index (χ1n) is 6.56. The molecule has 0 spiro atoms. The van der Waals surface area contributed by atoms with Crippen LogP contribution in [0.5, 0.6) is 0 Å². The molecule has 2 heterocycles. The average Bonchev–Trinajstić information content (AvgIpc) is 2.65. The number of esters is 1. The Morgan fingerprint density at radius 3 is 2.65 bits per heavy atom. The molecule has 2 aromatic rings. The van der Waals surface area contributed by atoms with E-state index in [1.54, 1.807) is 11.6 Å². The van der Waals surface area contributed by atoms with E-state index in [2.05, 4.69) is 10.1 Å². The number of aromatic nitrogens is 3. The zero-order chi connectivity index (χ0) is 15.1. The molecule has 108 valence electrons. The first kappa shape index (κ1) is 14.3. The topological polar surface area (TPSA) is 77.0 Å². The van der Waals surface area contributed by atoms with Gasteiger partial charge in [0, 0.05) is 6.07 Å². The summed E-state index contributed by atoms with van der Waals surface area (Å²) in [5.74, 6) is -0.500. The number of pyridine rings is 1. The van der Waals surface area contributed by atoms with E-state index in [4.69, 9.17) is 4.74 Å². The van der Waals surface area contributed by atoms with Crippen LogP contribution in [0.15, 0.2) is 10.9 Å². The number of carbonyl (C=O) groups is 1. The van der Waals surface area contributed by atoms with Gasteiger partial charge in [0.25, 0.3) is 0 Å². The summed E-state index contributed by atoms with van der Waals surface area (Å²) in [6.07, 6.45) is 0.